The summed E-state index contributed by atoms with van der Waals surface area (Å²) in [7, 11) is 0. The molecule has 1 nitrogen and oxygen atoms in total. The minimum Gasteiger partial charge on any atom is -0.370 e. The number of rotatable bonds is 6. The fourth-order valence-corrected chi connectivity index (χ4v) is 1.48. The molecule has 0 bridgehead atoms. The first kappa shape index (κ1) is 9.05. The molecule has 0 aromatic heterocycles. The Labute approximate surface area is 70.1 Å². The minimum atomic E-state index is 0.571. The molecule has 1 heteroatoms. The predicted octanol–water partition coefficient (Wildman–Crippen LogP) is 3.13. The minimum absolute atomic E-state index is 0.571. The maximum atomic E-state index is 5.32. The fraction of sp³-hybridized carbons (Fsp3) is 1.00. The summed E-state index contributed by atoms with van der Waals surface area (Å²) in [6.45, 7) is 4.42. The van der Waals surface area contributed by atoms with Gasteiger partial charge in [-0.25, -0.2) is 0 Å². The normalized spacial score (nSPS) is 28.9. The van der Waals surface area contributed by atoms with Gasteiger partial charge in [0.1, 0.15) is 0 Å². The van der Waals surface area contributed by atoms with Crippen molar-refractivity contribution in [2.75, 3.05) is 0 Å². The van der Waals surface area contributed by atoms with Crippen LogP contribution in [0.25, 0.3) is 0 Å². The van der Waals surface area contributed by atoms with Gasteiger partial charge in [0.15, 0.2) is 0 Å². The van der Waals surface area contributed by atoms with Crippen LogP contribution in [0.15, 0.2) is 0 Å². The summed E-state index contributed by atoms with van der Waals surface area (Å²) in [6.07, 6.45) is 9.42. The van der Waals surface area contributed by atoms with Crippen LogP contribution in [-0.2, 0) is 4.74 Å². The highest BCUT2D eigenvalue weighted by molar-refractivity contribution is 4.79. The Kier molecular flexibility index (Phi) is 3.92. The number of epoxide rings is 1. The van der Waals surface area contributed by atoms with E-state index in [1.165, 1.54) is 38.5 Å². The third kappa shape index (κ3) is 3.76. The van der Waals surface area contributed by atoms with Crippen molar-refractivity contribution >= 4 is 0 Å². The van der Waals surface area contributed by atoms with Crippen LogP contribution >= 0.6 is 0 Å². The van der Waals surface area contributed by atoms with E-state index in [1.54, 1.807) is 0 Å². The van der Waals surface area contributed by atoms with Gasteiger partial charge in [-0.1, -0.05) is 39.0 Å². The van der Waals surface area contributed by atoms with Crippen LogP contribution in [0.3, 0.4) is 0 Å². The lowest BCUT2D eigenvalue weighted by molar-refractivity contribution is 0.364. The summed E-state index contributed by atoms with van der Waals surface area (Å²) >= 11 is 0. The number of unbranched alkanes of at least 4 members (excludes halogenated alkanes) is 4. The monoisotopic (exact) mass is 156 g/mol. The average Bonchev–Trinajstić information content (AvgIpc) is 2.67. The van der Waals surface area contributed by atoms with E-state index in [0.29, 0.717) is 12.2 Å². The molecule has 1 aliphatic rings. The highest BCUT2D eigenvalue weighted by atomic mass is 16.6. The predicted molar refractivity (Wildman–Crippen MR) is 47.7 cm³/mol. The molecular formula is C10H20O. The number of hydrogen-bond donors (Lipinski definition) is 0. The molecule has 0 spiro atoms. The molecule has 66 valence electrons. The van der Waals surface area contributed by atoms with Crippen LogP contribution in [-0.4, -0.2) is 12.2 Å². The molecule has 1 heterocycles. The molecule has 0 aliphatic carbocycles. The second-order valence-corrected chi connectivity index (χ2v) is 3.58. The summed E-state index contributed by atoms with van der Waals surface area (Å²) in [6, 6.07) is 0. The third-order valence-corrected chi connectivity index (χ3v) is 2.43. The first-order valence-corrected chi connectivity index (χ1v) is 5.00. The van der Waals surface area contributed by atoms with Crippen molar-refractivity contribution in [2.45, 2.75) is 64.6 Å². The zero-order valence-corrected chi connectivity index (χ0v) is 7.81. The highest BCUT2D eigenvalue weighted by Crippen LogP contribution is 2.26. The summed E-state index contributed by atoms with van der Waals surface area (Å²) in [5.41, 5.74) is 0. The first-order chi connectivity index (χ1) is 5.34. The maximum Gasteiger partial charge on any atom is 0.0839 e. The standard InChI is InChI=1S/C10H20O/c1-3-4-5-6-7-8-10-9(2)11-10/h9-10H,3-8H2,1-2H3. The van der Waals surface area contributed by atoms with Crippen molar-refractivity contribution in [1.82, 2.24) is 0 Å². The molecule has 1 rings (SSSR count). The summed E-state index contributed by atoms with van der Waals surface area (Å²) in [5.74, 6) is 0. The molecule has 11 heavy (non-hydrogen) atoms. The lowest BCUT2D eigenvalue weighted by Gasteiger charge is -1.96. The van der Waals surface area contributed by atoms with Crippen molar-refractivity contribution in [1.29, 1.82) is 0 Å². The lowest BCUT2D eigenvalue weighted by Crippen LogP contribution is -1.89. The van der Waals surface area contributed by atoms with E-state index >= 15 is 0 Å². The lowest BCUT2D eigenvalue weighted by atomic mass is 10.1. The number of ether oxygens (including phenoxy) is 1. The van der Waals surface area contributed by atoms with Gasteiger partial charge in [-0.15, -0.1) is 0 Å². The van der Waals surface area contributed by atoms with Crippen LogP contribution in [0.4, 0.5) is 0 Å². The van der Waals surface area contributed by atoms with Gasteiger partial charge >= 0.3 is 0 Å². The molecule has 2 unspecified atom stereocenters. The molecule has 0 aromatic carbocycles. The van der Waals surface area contributed by atoms with Crippen LogP contribution in [0.1, 0.15) is 52.4 Å². The van der Waals surface area contributed by atoms with Gasteiger partial charge < -0.3 is 4.74 Å². The second kappa shape index (κ2) is 4.76. The fourth-order valence-electron chi connectivity index (χ4n) is 1.48. The van der Waals surface area contributed by atoms with Gasteiger partial charge in [-0.3, -0.25) is 0 Å². The van der Waals surface area contributed by atoms with Crippen LogP contribution < -0.4 is 0 Å². The molecule has 0 saturated carbocycles. The van der Waals surface area contributed by atoms with E-state index < -0.39 is 0 Å². The molecule has 1 fully saturated rings. The quantitative estimate of drug-likeness (QED) is 0.425. The van der Waals surface area contributed by atoms with Gasteiger partial charge in [0.2, 0.25) is 0 Å². The molecule has 0 aromatic rings. The Morgan fingerprint density at radius 2 is 1.73 bits per heavy atom. The van der Waals surface area contributed by atoms with Gasteiger partial charge in [-0.05, 0) is 13.3 Å². The largest absolute Gasteiger partial charge is 0.370 e. The van der Waals surface area contributed by atoms with E-state index in [0.717, 1.165) is 0 Å². The molecule has 2 atom stereocenters. The van der Waals surface area contributed by atoms with Crippen molar-refractivity contribution in [3.63, 3.8) is 0 Å². The van der Waals surface area contributed by atoms with Crippen LogP contribution in [0, 0.1) is 0 Å². The molecule has 1 aliphatic heterocycles. The van der Waals surface area contributed by atoms with Gasteiger partial charge in [0.05, 0.1) is 12.2 Å². The smallest absolute Gasteiger partial charge is 0.0839 e. The molecule has 0 amide bonds. The first-order valence-electron chi connectivity index (χ1n) is 5.00. The Bertz CT molecular complexity index is 101. The average molecular weight is 156 g/mol. The Balaban J connectivity index is 1.74. The molecule has 1 saturated heterocycles. The molecule has 0 N–H and O–H groups in total. The van der Waals surface area contributed by atoms with Crippen molar-refractivity contribution < 1.29 is 4.74 Å². The Hall–Kier alpha value is -0.0400. The zero-order valence-electron chi connectivity index (χ0n) is 7.81. The Morgan fingerprint density at radius 3 is 2.27 bits per heavy atom. The summed E-state index contributed by atoms with van der Waals surface area (Å²) in [4.78, 5) is 0. The zero-order chi connectivity index (χ0) is 8.10. The summed E-state index contributed by atoms with van der Waals surface area (Å²) < 4.78 is 5.32. The van der Waals surface area contributed by atoms with E-state index in [2.05, 4.69) is 13.8 Å². The number of hydrogen-bond acceptors (Lipinski definition) is 1. The van der Waals surface area contributed by atoms with E-state index in [-0.39, 0.29) is 0 Å². The van der Waals surface area contributed by atoms with Crippen LogP contribution in [0.2, 0.25) is 0 Å². The summed E-state index contributed by atoms with van der Waals surface area (Å²) in [5, 5.41) is 0. The van der Waals surface area contributed by atoms with Crippen molar-refractivity contribution in [3.8, 4) is 0 Å². The van der Waals surface area contributed by atoms with Gasteiger partial charge in [0.25, 0.3) is 0 Å². The molecule has 0 radical (unpaired) electrons. The topological polar surface area (TPSA) is 12.5 Å². The third-order valence-electron chi connectivity index (χ3n) is 2.43. The van der Waals surface area contributed by atoms with Crippen LogP contribution in [0.5, 0.6) is 0 Å². The molecular weight excluding hydrogens is 136 g/mol. The Morgan fingerprint density at radius 1 is 1.09 bits per heavy atom. The van der Waals surface area contributed by atoms with E-state index in [1.807, 2.05) is 0 Å². The van der Waals surface area contributed by atoms with Crippen molar-refractivity contribution in [3.05, 3.63) is 0 Å². The van der Waals surface area contributed by atoms with Gasteiger partial charge in [-0.2, -0.15) is 0 Å². The second-order valence-electron chi connectivity index (χ2n) is 3.58. The highest BCUT2D eigenvalue weighted by Gasteiger charge is 2.32. The SMILES string of the molecule is CCCCCCCC1OC1C. The maximum absolute atomic E-state index is 5.32. The van der Waals surface area contributed by atoms with E-state index in [9.17, 15) is 0 Å². The van der Waals surface area contributed by atoms with E-state index in [4.69, 9.17) is 4.74 Å². The van der Waals surface area contributed by atoms with Crippen molar-refractivity contribution in [2.24, 2.45) is 0 Å². The van der Waals surface area contributed by atoms with Gasteiger partial charge in [0, 0.05) is 0 Å².